The molecule has 4 heteroatoms. The van der Waals surface area contributed by atoms with Crippen LogP contribution in [0.15, 0.2) is 54.2 Å². The SMILES string of the molecule is CCCCc1ccc(N2C(=O)/C(=C\c3cccc(C)c3)N(C)C2=S)cc1. The van der Waals surface area contributed by atoms with Crippen LogP contribution in [0.3, 0.4) is 0 Å². The quantitative estimate of drug-likeness (QED) is 0.554. The molecule has 0 radical (unpaired) electrons. The van der Waals surface area contributed by atoms with Gasteiger partial charge in [-0.05, 0) is 61.3 Å². The lowest BCUT2D eigenvalue weighted by Gasteiger charge is -2.16. The Morgan fingerprint density at radius 2 is 1.85 bits per heavy atom. The third-order valence-corrected chi connectivity index (χ3v) is 5.08. The van der Waals surface area contributed by atoms with Crippen LogP contribution in [0.2, 0.25) is 0 Å². The van der Waals surface area contributed by atoms with Crippen molar-refractivity contribution in [2.45, 2.75) is 33.1 Å². The van der Waals surface area contributed by atoms with E-state index in [1.165, 1.54) is 18.4 Å². The van der Waals surface area contributed by atoms with E-state index in [4.69, 9.17) is 12.2 Å². The van der Waals surface area contributed by atoms with Crippen LogP contribution >= 0.6 is 12.2 Å². The van der Waals surface area contributed by atoms with E-state index in [0.717, 1.165) is 23.2 Å². The first-order chi connectivity index (χ1) is 12.5. The van der Waals surface area contributed by atoms with E-state index in [9.17, 15) is 4.79 Å². The number of hydrogen-bond donors (Lipinski definition) is 0. The van der Waals surface area contributed by atoms with Gasteiger partial charge in [0, 0.05) is 7.05 Å². The molecule has 1 heterocycles. The number of carbonyl (C=O) groups excluding carboxylic acids is 1. The number of nitrogens with zero attached hydrogens (tertiary/aromatic N) is 2. The summed E-state index contributed by atoms with van der Waals surface area (Å²) in [7, 11) is 1.84. The Hall–Kier alpha value is -2.46. The summed E-state index contributed by atoms with van der Waals surface area (Å²) in [5.74, 6) is -0.0830. The minimum Gasteiger partial charge on any atom is -0.317 e. The molecule has 3 nitrogen and oxygen atoms in total. The molecule has 0 atom stereocenters. The van der Waals surface area contributed by atoms with Gasteiger partial charge in [-0.3, -0.25) is 9.69 Å². The topological polar surface area (TPSA) is 23.6 Å². The predicted molar refractivity (Wildman–Crippen MR) is 112 cm³/mol. The van der Waals surface area contributed by atoms with E-state index in [2.05, 4.69) is 25.1 Å². The Kier molecular flexibility index (Phi) is 5.52. The van der Waals surface area contributed by atoms with Crippen molar-refractivity contribution in [2.24, 2.45) is 0 Å². The van der Waals surface area contributed by atoms with Gasteiger partial charge >= 0.3 is 0 Å². The predicted octanol–water partition coefficient (Wildman–Crippen LogP) is 4.94. The minimum absolute atomic E-state index is 0.0830. The van der Waals surface area contributed by atoms with Gasteiger partial charge in [0.15, 0.2) is 5.11 Å². The molecule has 0 spiro atoms. The average molecular weight is 365 g/mol. The second kappa shape index (κ2) is 7.83. The van der Waals surface area contributed by atoms with Gasteiger partial charge in [-0.25, -0.2) is 0 Å². The van der Waals surface area contributed by atoms with Crippen LogP contribution in [-0.4, -0.2) is 23.0 Å². The Morgan fingerprint density at radius 1 is 1.12 bits per heavy atom. The Morgan fingerprint density at radius 3 is 2.50 bits per heavy atom. The fourth-order valence-electron chi connectivity index (χ4n) is 3.09. The van der Waals surface area contributed by atoms with Gasteiger partial charge in [-0.1, -0.05) is 55.3 Å². The fourth-order valence-corrected chi connectivity index (χ4v) is 3.38. The first-order valence-corrected chi connectivity index (χ1v) is 9.41. The molecule has 0 N–H and O–H groups in total. The standard InChI is InChI=1S/C22H24N2OS/c1-4-5-8-17-10-12-19(13-11-17)24-21(25)20(23(3)22(24)26)15-18-9-6-7-16(2)14-18/h6-7,9-15H,4-5,8H2,1-3H3/b20-15+. The molecule has 1 fully saturated rings. The van der Waals surface area contributed by atoms with Crippen molar-refractivity contribution < 1.29 is 4.79 Å². The Bertz CT molecular complexity index is 855. The van der Waals surface area contributed by atoms with Crippen LogP contribution in [0.5, 0.6) is 0 Å². The normalized spacial score (nSPS) is 16.0. The summed E-state index contributed by atoms with van der Waals surface area (Å²) in [5.41, 5.74) is 4.86. The maximum atomic E-state index is 13.0. The molecule has 0 saturated carbocycles. The van der Waals surface area contributed by atoms with Crippen molar-refractivity contribution in [1.29, 1.82) is 0 Å². The van der Waals surface area contributed by atoms with Gasteiger partial charge in [-0.15, -0.1) is 0 Å². The molecular weight excluding hydrogens is 340 g/mol. The van der Waals surface area contributed by atoms with E-state index in [1.54, 1.807) is 9.80 Å². The van der Waals surface area contributed by atoms with Crippen molar-refractivity contribution in [1.82, 2.24) is 4.90 Å². The van der Waals surface area contributed by atoms with Crippen LogP contribution in [0.4, 0.5) is 5.69 Å². The number of hydrogen-bond acceptors (Lipinski definition) is 2. The largest absolute Gasteiger partial charge is 0.317 e. The minimum atomic E-state index is -0.0830. The highest BCUT2D eigenvalue weighted by Gasteiger charge is 2.36. The molecule has 0 bridgehead atoms. The van der Waals surface area contributed by atoms with Crippen LogP contribution in [0.1, 0.15) is 36.5 Å². The molecule has 1 saturated heterocycles. The molecule has 134 valence electrons. The lowest BCUT2D eigenvalue weighted by atomic mass is 10.1. The molecule has 1 aliphatic rings. The van der Waals surface area contributed by atoms with Crippen LogP contribution in [0, 0.1) is 6.92 Å². The molecule has 26 heavy (non-hydrogen) atoms. The highest BCUT2D eigenvalue weighted by atomic mass is 32.1. The van der Waals surface area contributed by atoms with Gasteiger partial charge in [0.25, 0.3) is 5.91 Å². The van der Waals surface area contributed by atoms with Gasteiger partial charge in [0.1, 0.15) is 5.70 Å². The molecular formula is C22H24N2OS. The van der Waals surface area contributed by atoms with Gasteiger partial charge in [-0.2, -0.15) is 0 Å². The molecule has 1 aliphatic heterocycles. The number of thiocarbonyl (C=S) groups is 1. The monoisotopic (exact) mass is 364 g/mol. The maximum absolute atomic E-state index is 13.0. The molecule has 2 aromatic carbocycles. The van der Waals surface area contributed by atoms with E-state index in [-0.39, 0.29) is 5.91 Å². The van der Waals surface area contributed by atoms with E-state index in [0.29, 0.717) is 10.8 Å². The zero-order valence-electron chi connectivity index (χ0n) is 15.5. The second-order valence-corrected chi connectivity index (χ2v) is 7.06. The number of unbranched alkanes of at least 4 members (excludes halogenated alkanes) is 1. The molecule has 0 unspecified atom stereocenters. The van der Waals surface area contributed by atoms with Gasteiger partial charge in [0.05, 0.1) is 5.69 Å². The van der Waals surface area contributed by atoms with Crippen LogP contribution in [-0.2, 0) is 11.2 Å². The number of anilines is 1. The molecule has 3 rings (SSSR count). The van der Waals surface area contributed by atoms with E-state index in [1.807, 2.05) is 50.4 Å². The number of likely N-dealkylation sites (N-methyl/N-ethyl adjacent to an activating group) is 1. The van der Waals surface area contributed by atoms with E-state index < -0.39 is 0 Å². The molecule has 1 amide bonds. The maximum Gasteiger partial charge on any atom is 0.281 e. The van der Waals surface area contributed by atoms with Gasteiger partial charge < -0.3 is 4.90 Å². The summed E-state index contributed by atoms with van der Waals surface area (Å²) in [6, 6.07) is 16.2. The number of amides is 1. The third-order valence-electron chi connectivity index (χ3n) is 4.62. The van der Waals surface area contributed by atoms with Crippen molar-refractivity contribution in [2.75, 3.05) is 11.9 Å². The summed E-state index contributed by atoms with van der Waals surface area (Å²) in [6.07, 6.45) is 5.31. The molecule has 2 aromatic rings. The molecule has 0 aromatic heterocycles. The summed E-state index contributed by atoms with van der Waals surface area (Å²) in [4.78, 5) is 16.4. The smallest absolute Gasteiger partial charge is 0.281 e. The third kappa shape index (κ3) is 3.70. The van der Waals surface area contributed by atoms with Gasteiger partial charge in [0.2, 0.25) is 0 Å². The zero-order valence-corrected chi connectivity index (χ0v) is 16.3. The first-order valence-electron chi connectivity index (χ1n) is 9.00. The first kappa shape index (κ1) is 18.3. The van der Waals surface area contributed by atoms with Crippen molar-refractivity contribution in [3.63, 3.8) is 0 Å². The summed E-state index contributed by atoms with van der Waals surface area (Å²) in [5, 5.41) is 0.509. The summed E-state index contributed by atoms with van der Waals surface area (Å²) >= 11 is 5.53. The molecule has 0 aliphatic carbocycles. The number of carbonyl (C=O) groups is 1. The number of aryl methyl sites for hydroxylation is 2. The van der Waals surface area contributed by atoms with Crippen LogP contribution < -0.4 is 4.90 Å². The van der Waals surface area contributed by atoms with Crippen molar-refractivity contribution >= 4 is 35.0 Å². The Labute approximate surface area is 160 Å². The number of benzene rings is 2. The second-order valence-electron chi connectivity index (χ2n) is 6.70. The summed E-state index contributed by atoms with van der Waals surface area (Å²) in [6.45, 7) is 4.23. The average Bonchev–Trinajstić information content (AvgIpc) is 2.84. The van der Waals surface area contributed by atoms with Crippen molar-refractivity contribution in [3.05, 3.63) is 70.9 Å². The zero-order chi connectivity index (χ0) is 18.7. The lowest BCUT2D eigenvalue weighted by Crippen LogP contribution is -2.31. The lowest BCUT2D eigenvalue weighted by molar-refractivity contribution is -0.114. The fraction of sp³-hybridized carbons (Fsp3) is 0.273. The summed E-state index contributed by atoms with van der Waals surface area (Å²) < 4.78 is 0. The highest BCUT2D eigenvalue weighted by molar-refractivity contribution is 7.80. The Balaban J connectivity index is 1.88. The van der Waals surface area contributed by atoms with Crippen LogP contribution in [0.25, 0.3) is 6.08 Å². The van der Waals surface area contributed by atoms with E-state index >= 15 is 0 Å². The van der Waals surface area contributed by atoms with Crippen molar-refractivity contribution in [3.8, 4) is 0 Å². The highest BCUT2D eigenvalue weighted by Crippen LogP contribution is 2.28. The number of rotatable bonds is 5.